The molecule has 0 amide bonds. The first-order chi connectivity index (χ1) is 47.0. The molecule has 0 radical (unpaired) electrons. The van der Waals surface area contributed by atoms with Crippen LogP contribution in [0.3, 0.4) is 0 Å². The van der Waals surface area contributed by atoms with Crippen molar-refractivity contribution in [3.63, 3.8) is 0 Å². The summed E-state index contributed by atoms with van der Waals surface area (Å²) in [6.07, 6.45) is 107. The number of unbranched alkanes of at least 4 members (excludes halogenated alkanes) is 46. The zero-order chi connectivity index (χ0) is 69.7. The molecule has 0 bridgehead atoms. The molecule has 0 aromatic carbocycles. The number of rotatable bonds is 76. The molecule has 0 aliphatic heterocycles. The first-order valence-corrected chi connectivity index (χ1v) is 42.5. The maximum atomic E-state index is 12.9. The average Bonchev–Trinajstić information content (AvgIpc) is 1.48. The van der Waals surface area contributed by atoms with E-state index in [1.54, 1.807) is 0 Å². The van der Waals surface area contributed by atoms with Gasteiger partial charge >= 0.3 is 19.8 Å². The van der Waals surface area contributed by atoms with Crippen molar-refractivity contribution in [1.82, 2.24) is 0 Å². The van der Waals surface area contributed by atoms with E-state index in [4.69, 9.17) is 18.5 Å². The molecule has 10 heteroatoms. The summed E-state index contributed by atoms with van der Waals surface area (Å²) in [6, 6.07) is 0. The highest BCUT2D eigenvalue weighted by Gasteiger charge is 2.27. The standard InChI is InChI=1S/C86H156NO8P/c1-6-8-10-12-14-16-18-20-22-24-26-28-30-32-34-36-38-40-41-42-43-44-45-47-48-50-52-54-56-58-60-62-64-66-68-70-72-74-76-78-85(88)92-82-84(83-94-96(90,91)93-81-80-87(3,4)5)95-86(89)79-77-75-73-71-69-67-65-63-61-59-57-55-53-51-49-46-39-37-35-33-31-29-27-25-23-21-19-17-15-13-11-9-7-2/h9,11,15,17-18,20-21,23-24,26-27,29,33,35,39,46,84H,6-8,10,12-14,16,19,22,25,28,30-32,34,36-38,40-45,47-83H2,1-5H3/p+1/b11-9-,17-15-,20-18-,23-21-,26-24-,29-27-,35-33-,46-39-. The zero-order valence-electron chi connectivity index (χ0n) is 63.9. The Balaban J connectivity index is 3.92. The average molecular weight is 1360 g/mol. The minimum atomic E-state index is -4.40. The second-order valence-electron chi connectivity index (χ2n) is 28.8. The Bertz CT molecular complexity index is 1940. The van der Waals surface area contributed by atoms with E-state index in [2.05, 4.69) is 111 Å². The van der Waals surface area contributed by atoms with Crippen LogP contribution in [0.5, 0.6) is 0 Å². The van der Waals surface area contributed by atoms with Gasteiger partial charge in [-0.1, -0.05) is 374 Å². The summed E-state index contributed by atoms with van der Waals surface area (Å²) in [4.78, 5) is 36.0. The quantitative estimate of drug-likeness (QED) is 0.0211. The Morgan fingerprint density at radius 3 is 0.885 bits per heavy atom. The van der Waals surface area contributed by atoms with Gasteiger partial charge in [0.1, 0.15) is 19.8 Å². The fourth-order valence-electron chi connectivity index (χ4n) is 11.9. The van der Waals surface area contributed by atoms with E-state index in [0.717, 1.165) is 83.5 Å². The molecule has 0 aromatic rings. The third-order valence-corrected chi connectivity index (χ3v) is 19.1. The second kappa shape index (κ2) is 76.1. The van der Waals surface area contributed by atoms with Crippen LogP contribution < -0.4 is 0 Å². The van der Waals surface area contributed by atoms with E-state index in [1.807, 2.05) is 21.1 Å². The number of carbonyl (C=O) groups excluding carboxylic acids is 2. The van der Waals surface area contributed by atoms with Crippen molar-refractivity contribution in [2.75, 3.05) is 47.5 Å². The zero-order valence-corrected chi connectivity index (χ0v) is 64.7. The number of hydrogen-bond donors (Lipinski definition) is 1. The molecule has 96 heavy (non-hydrogen) atoms. The molecule has 0 aliphatic rings. The highest BCUT2D eigenvalue weighted by Crippen LogP contribution is 2.43. The highest BCUT2D eigenvalue weighted by molar-refractivity contribution is 7.47. The molecule has 0 saturated carbocycles. The number of quaternary nitrogens is 1. The van der Waals surface area contributed by atoms with E-state index < -0.39 is 26.5 Å². The summed E-state index contributed by atoms with van der Waals surface area (Å²) in [6.45, 7) is 4.36. The minimum absolute atomic E-state index is 0.0308. The number of hydrogen-bond acceptors (Lipinski definition) is 7. The molecule has 0 aliphatic carbocycles. The molecule has 558 valence electrons. The van der Waals surface area contributed by atoms with Crippen molar-refractivity contribution in [1.29, 1.82) is 0 Å². The predicted molar refractivity (Wildman–Crippen MR) is 418 cm³/mol. The second-order valence-corrected chi connectivity index (χ2v) is 30.2. The van der Waals surface area contributed by atoms with E-state index in [9.17, 15) is 19.0 Å². The Morgan fingerprint density at radius 2 is 0.594 bits per heavy atom. The van der Waals surface area contributed by atoms with Gasteiger partial charge in [-0.2, -0.15) is 0 Å². The third-order valence-electron chi connectivity index (χ3n) is 18.1. The van der Waals surface area contributed by atoms with Crippen LogP contribution in [0.1, 0.15) is 386 Å². The molecule has 0 heterocycles. The molecular weight excluding hydrogens is 1210 g/mol. The first kappa shape index (κ1) is 92.9. The number of likely N-dealkylation sites (N-methyl/N-ethyl adjacent to an activating group) is 1. The molecule has 2 atom stereocenters. The highest BCUT2D eigenvalue weighted by atomic mass is 31.2. The van der Waals surface area contributed by atoms with Crippen LogP contribution in [0.4, 0.5) is 0 Å². The van der Waals surface area contributed by atoms with Gasteiger partial charge < -0.3 is 18.9 Å². The SMILES string of the molecule is CC/C=C\C/C=C\C/C=C\C/C=C\C/C=C\C/C=C\CCCCCCCCCCCCCCCCC(=O)OC(COC(=O)CCCCCCCCCCCCCCCCCCCCCCCCCCCCC/C=C\C/C=C\CCCCCCC)COP(=O)(O)OCC[N+](C)(C)C. The number of allylic oxidation sites excluding steroid dienone is 16. The van der Waals surface area contributed by atoms with Gasteiger partial charge in [-0.05, 0) is 96.3 Å². The van der Waals surface area contributed by atoms with Crippen LogP contribution in [0, 0.1) is 0 Å². The van der Waals surface area contributed by atoms with Crippen molar-refractivity contribution in [2.24, 2.45) is 0 Å². The van der Waals surface area contributed by atoms with Crippen molar-refractivity contribution < 1.29 is 42.1 Å². The lowest BCUT2D eigenvalue weighted by Crippen LogP contribution is -2.37. The van der Waals surface area contributed by atoms with Crippen LogP contribution in [-0.4, -0.2) is 74.9 Å². The van der Waals surface area contributed by atoms with Gasteiger partial charge in [0.2, 0.25) is 0 Å². The maximum Gasteiger partial charge on any atom is 0.472 e. The Hall–Kier alpha value is -3.07. The van der Waals surface area contributed by atoms with E-state index in [1.165, 1.54) is 270 Å². The number of esters is 2. The van der Waals surface area contributed by atoms with E-state index in [-0.39, 0.29) is 25.6 Å². The Kier molecular flexibility index (Phi) is 73.7. The molecule has 0 aromatic heterocycles. The van der Waals surface area contributed by atoms with Crippen molar-refractivity contribution in [3.8, 4) is 0 Å². The number of phosphoric acid groups is 1. The molecular formula is C86H157NO8P+. The lowest BCUT2D eigenvalue weighted by atomic mass is 10.0. The molecule has 9 nitrogen and oxygen atoms in total. The van der Waals surface area contributed by atoms with Crippen molar-refractivity contribution in [3.05, 3.63) is 97.2 Å². The fourth-order valence-corrected chi connectivity index (χ4v) is 12.6. The number of nitrogens with zero attached hydrogens (tertiary/aromatic N) is 1. The lowest BCUT2D eigenvalue weighted by molar-refractivity contribution is -0.870. The summed E-state index contributed by atoms with van der Waals surface area (Å²) in [5, 5.41) is 0. The first-order valence-electron chi connectivity index (χ1n) is 41.0. The van der Waals surface area contributed by atoms with Gasteiger partial charge in [0.05, 0.1) is 27.7 Å². The van der Waals surface area contributed by atoms with Crippen molar-refractivity contribution in [2.45, 2.75) is 392 Å². The number of phosphoric ester groups is 1. The van der Waals surface area contributed by atoms with Crippen LogP contribution in [0.2, 0.25) is 0 Å². The third kappa shape index (κ3) is 79.9. The Labute approximate surface area is 595 Å². The number of ether oxygens (including phenoxy) is 2. The summed E-state index contributed by atoms with van der Waals surface area (Å²) < 4.78 is 34.8. The molecule has 0 spiro atoms. The van der Waals surface area contributed by atoms with Crippen LogP contribution in [0.25, 0.3) is 0 Å². The van der Waals surface area contributed by atoms with Crippen LogP contribution in [-0.2, 0) is 32.7 Å². The van der Waals surface area contributed by atoms with Gasteiger partial charge in [0.25, 0.3) is 0 Å². The maximum absolute atomic E-state index is 12.9. The van der Waals surface area contributed by atoms with Crippen molar-refractivity contribution >= 4 is 19.8 Å². The molecule has 2 unspecified atom stereocenters. The minimum Gasteiger partial charge on any atom is -0.462 e. The monoisotopic (exact) mass is 1360 g/mol. The molecule has 1 N–H and O–H groups in total. The largest absolute Gasteiger partial charge is 0.472 e. The van der Waals surface area contributed by atoms with Gasteiger partial charge in [-0.3, -0.25) is 18.6 Å². The van der Waals surface area contributed by atoms with E-state index in [0.29, 0.717) is 23.9 Å². The summed E-state index contributed by atoms with van der Waals surface area (Å²) in [5.41, 5.74) is 0. The van der Waals surface area contributed by atoms with Crippen LogP contribution >= 0.6 is 7.82 Å². The summed E-state index contributed by atoms with van der Waals surface area (Å²) in [5.74, 6) is -0.783. The van der Waals surface area contributed by atoms with Gasteiger partial charge in [0.15, 0.2) is 6.10 Å². The topological polar surface area (TPSA) is 108 Å². The fraction of sp³-hybridized carbons (Fsp3) is 0.791. The Morgan fingerprint density at radius 1 is 0.333 bits per heavy atom. The predicted octanol–water partition coefficient (Wildman–Crippen LogP) is 27.4. The summed E-state index contributed by atoms with van der Waals surface area (Å²) in [7, 11) is 1.49. The molecule has 0 fully saturated rings. The lowest BCUT2D eigenvalue weighted by Gasteiger charge is -2.24. The van der Waals surface area contributed by atoms with Gasteiger partial charge in [-0.25, -0.2) is 4.57 Å². The number of carbonyl (C=O) groups is 2. The smallest absolute Gasteiger partial charge is 0.462 e. The van der Waals surface area contributed by atoms with Crippen LogP contribution in [0.15, 0.2) is 97.2 Å². The summed E-state index contributed by atoms with van der Waals surface area (Å²) >= 11 is 0. The normalized spacial score (nSPS) is 13.5. The van der Waals surface area contributed by atoms with Gasteiger partial charge in [-0.15, -0.1) is 0 Å². The van der Waals surface area contributed by atoms with E-state index >= 15 is 0 Å². The molecule has 0 saturated heterocycles. The van der Waals surface area contributed by atoms with Gasteiger partial charge in [0, 0.05) is 12.8 Å². The molecule has 0 rings (SSSR count).